The minimum atomic E-state index is -0.736. The van der Waals surface area contributed by atoms with E-state index in [1.54, 1.807) is 4.90 Å². The van der Waals surface area contributed by atoms with Crippen molar-refractivity contribution in [1.82, 2.24) is 4.90 Å². The van der Waals surface area contributed by atoms with Gasteiger partial charge in [0.1, 0.15) is 0 Å². The second kappa shape index (κ2) is 7.09. The Morgan fingerprint density at radius 2 is 2.06 bits per heavy atom. The zero-order valence-corrected chi connectivity index (χ0v) is 9.48. The average Bonchev–Trinajstić information content (AvgIpc) is 2.25. The zero-order valence-electron chi connectivity index (χ0n) is 9.48. The Labute approximate surface area is 95.4 Å². The SMILES string of the molecule is O=C(O)CCCCCCN1CCCOC1=O. The molecule has 5 nitrogen and oxygen atoms in total. The molecule has 0 bridgehead atoms. The third-order valence-electron chi connectivity index (χ3n) is 2.62. The molecule has 0 radical (unpaired) electrons. The Bertz CT molecular complexity index is 242. The Hall–Kier alpha value is -1.26. The lowest BCUT2D eigenvalue weighted by Gasteiger charge is -2.26. The summed E-state index contributed by atoms with van der Waals surface area (Å²) in [6, 6.07) is 0. The fraction of sp³-hybridized carbons (Fsp3) is 0.818. The molecule has 1 fully saturated rings. The minimum absolute atomic E-state index is 0.211. The minimum Gasteiger partial charge on any atom is -0.481 e. The molecule has 0 aromatic rings. The lowest BCUT2D eigenvalue weighted by Crippen LogP contribution is -2.38. The number of aliphatic carboxylic acids is 1. The van der Waals surface area contributed by atoms with Crippen LogP contribution in [0.5, 0.6) is 0 Å². The largest absolute Gasteiger partial charge is 0.481 e. The van der Waals surface area contributed by atoms with Gasteiger partial charge in [0.2, 0.25) is 0 Å². The van der Waals surface area contributed by atoms with E-state index in [1.165, 1.54) is 0 Å². The van der Waals surface area contributed by atoms with Gasteiger partial charge in [-0.1, -0.05) is 12.8 Å². The zero-order chi connectivity index (χ0) is 11.8. The van der Waals surface area contributed by atoms with Gasteiger partial charge in [-0.3, -0.25) is 4.79 Å². The number of hydrogen-bond donors (Lipinski definition) is 1. The number of carbonyl (C=O) groups excluding carboxylic acids is 1. The molecule has 0 atom stereocenters. The maximum Gasteiger partial charge on any atom is 0.409 e. The molecular formula is C11H19NO4. The van der Waals surface area contributed by atoms with Crippen LogP contribution < -0.4 is 0 Å². The molecule has 1 saturated heterocycles. The molecular weight excluding hydrogens is 210 g/mol. The second-order valence-corrected chi connectivity index (χ2v) is 4.01. The summed E-state index contributed by atoms with van der Waals surface area (Å²) in [5.41, 5.74) is 0. The highest BCUT2D eigenvalue weighted by Crippen LogP contribution is 2.08. The number of ether oxygens (including phenoxy) is 1. The number of cyclic esters (lactones) is 1. The Kier molecular flexibility index (Phi) is 5.67. The molecule has 0 aliphatic carbocycles. The first-order valence-corrected chi connectivity index (χ1v) is 5.83. The summed E-state index contributed by atoms with van der Waals surface area (Å²) in [5.74, 6) is -0.736. The molecule has 0 aromatic heterocycles. The second-order valence-electron chi connectivity index (χ2n) is 4.01. The summed E-state index contributed by atoms with van der Waals surface area (Å²) < 4.78 is 4.91. The van der Waals surface area contributed by atoms with Crippen molar-refractivity contribution in [1.29, 1.82) is 0 Å². The predicted molar refractivity (Wildman–Crippen MR) is 58.3 cm³/mol. The van der Waals surface area contributed by atoms with E-state index in [4.69, 9.17) is 9.84 Å². The smallest absolute Gasteiger partial charge is 0.409 e. The van der Waals surface area contributed by atoms with E-state index in [0.29, 0.717) is 6.61 Å². The van der Waals surface area contributed by atoms with Gasteiger partial charge < -0.3 is 14.7 Å². The van der Waals surface area contributed by atoms with E-state index in [-0.39, 0.29) is 12.5 Å². The standard InChI is InChI=1S/C11H19NO4/c13-10(14)6-3-1-2-4-7-12-8-5-9-16-11(12)15/h1-9H2,(H,13,14). The summed E-state index contributed by atoms with van der Waals surface area (Å²) in [4.78, 5) is 23.2. The van der Waals surface area contributed by atoms with Gasteiger partial charge in [0, 0.05) is 19.5 Å². The lowest BCUT2D eigenvalue weighted by atomic mass is 10.1. The first-order valence-electron chi connectivity index (χ1n) is 5.83. The van der Waals surface area contributed by atoms with Crippen molar-refractivity contribution in [2.45, 2.75) is 38.5 Å². The Morgan fingerprint density at radius 1 is 1.31 bits per heavy atom. The highest BCUT2D eigenvalue weighted by Gasteiger charge is 2.18. The number of hydrogen-bond acceptors (Lipinski definition) is 3. The molecule has 0 saturated carbocycles. The van der Waals surface area contributed by atoms with E-state index >= 15 is 0 Å². The topological polar surface area (TPSA) is 66.8 Å². The Balaban J connectivity index is 1.98. The number of carboxylic acids is 1. The van der Waals surface area contributed by atoms with Crippen LogP contribution in [0.4, 0.5) is 4.79 Å². The van der Waals surface area contributed by atoms with Crippen molar-refractivity contribution in [3.8, 4) is 0 Å². The van der Waals surface area contributed by atoms with Gasteiger partial charge >= 0.3 is 12.1 Å². The van der Waals surface area contributed by atoms with E-state index < -0.39 is 5.97 Å². The van der Waals surface area contributed by atoms with Crippen LogP contribution in [-0.4, -0.2) is 41.8 Å². The molecule has 0 aromatic carbocycles. The monoisotopic (exact) mass is 229 g/mol. The molecule has 1 amide bonds. The number of carbonyl (C=O) groups is 2. The van der Waals surface area contributed by atoms with Crippen molar-refractivity contribution >= 4 is 12.1 Å². The molecule has 0 unspecified atom stereocenters. The maximum absolute atomic E-state index is 11.2. The number of amides is 1. The molecule has 92 valence electrons. The third-order valence-corrected chi connectivity index (χ3v) is 2.62. The van der Waals surface area contributed by atoms with E-state index in [1.807, 2.05) is 0 Å². The summed E-state index contributed by atoms with van der Waals surface area (Å²) in [6.45, 7) is 2.05. The molecule has 1 rings (SSSR count). The normalized spacial score (nSPS) is 16.0. The Morgan fingerprint density at radius 3 is 2.75 bits per heavy atom. The maximum atomic E-state index is 11.2. The van der Waals surface area contributed by atoms with Gasteiger partial charge in [-0.15, -0.1) is 0 Å². The molecule has 1 aliphatic heterocycles. The van der Waals surface area contributed by atoms with Crippen molar-refractivity contribution in [2.75, 3.05) is 19.7 Å². The highest BCUT2D eigenvalue weighted by molar-refractivity contribution is 5.68. The van der Waals surface area contributed by atoms with E-state index in [0.717, 1.165) is 45.2 Å². The number of carboxylic acid groups (broad SMARTS) is 1. The van der Waals surface area contributed by atoms with E-state index in [9.17, 15) is 9.59 Å². The molecule has 1 N–H and O–H groups in total. The van der Waals surface area contributed by atoms with Crippen molar-refractivity contribution in [2.24, 2.45) is 0 Å². The predicted octanol–water partition coefficient (Wildman–Crippen LogP) is 1.86. The summed E-state index contributed by atoms with van der Waals surface area (Å²) in [7, 11) is 0. The third kappa shape index (κ3) is 5.00. The van der Waals surface area contributed by atoms with Crippen LogP contribution in [0.3, 0.4) is 0 Å². The number of rotatable bonds is 7. The molecule has 16 heavy (non-hydrogen) atoms. The van der Waals surface area contributed by atoms with E-state index in [2.05, 4.69) is 0 Å². The molecule has 1 aliphatic rings. The first kappa shape index (κ1) is 12.8. The van der Waals surface area contributed by atoms with Crippen LogP contribution in [0.15, 0.2) is 0 Å². The van der Waals surface area contributed by atoms with Gasteiger partial charge in [0.25, 0.3) is 0 Å². The quantitative estimate of drug-likeness (QED) is 0.677. The van der Waals surface area contributed by atoms with Crippen LogP contribution in [0.25, 0.3) is 0 Å². The van der Waals surface area contributed by atoms with Crippen LogP contribution >= 0.6 is 0 Å². The van der Waals surface area contributed by atoms with Crippen molar-refractivity contribution in [3.63, 3.8) is 0 Å². The average molecular weight is 229 g/mol. The lowest BCUT2D eigenvalue weighted by molar-refractivity contribution is -0.137. The van der Waals surface area contributed by atoms with Crippen molar-refractivity contribution in [3.05, 3.63) is 0 Å². The molecule has 1 heterocycles. The van der Waals surface area contributed by atoms with Crippen molar-refractivity contribution < 1.29 is 19.4 Å². The summed E-state index contributed by atoms with van der Waals surface area (Å²) in [5, 5.41) is 8.44. The van der Waals surface area contributed by atoms with Crippen LogP contribution in [0, 0.1) is 0 Å². The van der Waals surface area contributed by atoms with Gasteiger partial charge in [0.15, 0.2) is 0 Å². The molecule has 5 heteroatoms. The van der Waals surface area contributed by atoms with Crippen LogP contribution in [0.2, 0.25) is 0 Å². The van der Waals surface area contributed by atoms with Crippen LogP contribution in [0.1, 0.15) is 38.5 Å². The number of unbranched alkanes of at least 4 members (excludes halogenated alkanes) is 3. The summed E-state index contributed by atoms with van der Waals surface area (Å²) in [6.07, 6.45) is 4.47. The summed E-state index contributed by atoms with van der Waals surface area (Å²) >= 11 is 0. The highest BCUT2D eigenvalue weighted by atomic mass is 16.6. The fourth-order valence-corrected chi connectivity index (χ4v) is 1.73. The van der Waals surface area contributed by atoms with Gasteiger partial charge in [0.05, 0.1) is 6.61 Å². The molecule has 0 spiro atoms. The van der Waals surface area contributed by atoms with Crippen LogP contribution in [-0.2, 0) is 9.53 Å². The van der Waals surface area contributed by atoms with Gasteiger partial charge in [-0.2, -0.15) is 0 Å². The van der Waals surface area contributed by atoms with Gasteiger partial charge in [-0.05, 0) is 19.3 Å². The fourth-order valence-electron chi connectivity index (χ4n) is 1.73. The van der Waals surface area contributed by atoms with Gasteiger partial charge in [-0.25, -0.2) is 4.79 Å². The first-order chi connectivity index (χ1) is 7.70. The number of nitrogens with zero attached hydrogens (tertiary/aromatic N) is 1.